The molecule has 8 nitrogen and oxygen atoms in total. The van der Waals surface area contributed by atoms with Crippen LogP contribution in [0.5, 0.6) is 0 Å². The maximum atomic E-state index is 12.4. The van der Waals surface area contributed by atoms with E-state index >= 15 is 0 Å². The minimum atomic E-state index is -0.945. The van der Waals surface area contributed by atoms with Crippen molar-refractivity contribution in [2.45, 2.75) is 37.4 Å². The summed E-state index contributed by atoms with van der Waals surface area (Å²) in [6, 6.07) is -0.514. The van der Waals surface area contributed by atoms with Crippen molar-refractivity contribution in [3.05, 3.63) is 0 Å². The third-order valence-electron chi connectivity index (χ3n) is 3.18. The Morgan fingerprint density at radius 1 is 1.35 bits per heavy atom. The molecule has 0 aromatic carbocycles. The van der Waals surface area contributed by atoms with Gasteiger partial charge in [-0.1, -0.05) is 11.8 Å². The number of carbonyl (C=O) groups is 2. The summed E-state index contributed by atoms with van der Waals surface area (Å²) in [5, 5.41) is 20.1. The van der Waals surface area contributed by atoms with Crippen LogP contribution < -0.4 is 0 Å². The molecule has 0 aliphatic carbocycles. The van der Waals surface area contributed by atoms with Gasteiger partial charge in [0, 0.05) is 13.1 Å². The second-order valence-electron chi connectivity index (χ2n) is 4.65. The summed E-state index contributed by atoms with van der Waals surface area (Å²) in [4.78, 5) is 24.8. The van der Waals surface area contributed by atoms with Crippen molar-refractivity contribution in [3.63, 3.8) is 0 Å². The number of carboxylic acids is 1. The fourth-order valence-electron chi connectivity index (χ4n) is 2.13. The molecule has 0 bridgehead atoms. The minimum absolute atomic E-state index is 0.0193. The lowest BCUT2D eigenvalue weighted by Gasteiger charge is -2.29. The molecule has 2 rings (SSSR count). The van der Waals surface area contributed by atoms with Gasteiger partial charge in [0.05, 0.1) is 5.75 Å². The number of aliphatic carboxylic acids is 1. The van der Waals surface area contributed by atoms with Gasteiger partial charge in [0.15, 0.2) is 0 Å². The number of nitrogens with zero attached hydrogens (tertiary/aromatic N) is 5. The van der Waals surface area contributed by atoms with Crippen LogP contribution in [0.25, 0.3) is 0 Å². The first-order valence-electron chi connectivity index (χ1n) is 6.51. The van der Waals surface area contributed by atoms with Gasteiger partial charge in [-0.05, 0) is 36.6 Å². The van der Waals surface area contributed by atoms with E-state index in [0.29, 0.717) is 5.16 Å². The average Bonchev–Trinajstić information content (AvgIpc) is 2.93. The number of likely N-dealkylation sites (tertiary alicyclic amines) is 1. The number of thioether (sulfide) groups is 1. The summed E-state index contributed by atoms with van der Waals surface area (Å²) in [6.07, 6.45) is 3.20. The standard InChI is InChI=1S/C11H17N5O3S/c1-8(10(19)15-5-3-2-4-6-15)16-11(12-13-14-16)20-7-9(17)18/h8H,2-7H2,1H3,(H,17,18). The van der Waals surface area contributed by atoms with E-state index in [2.05, 4.69) is 15.5 Å². The fraction of sp³-hybridized carbons (Fsp3) is 0.727. The van der Waals surface area contributed by atoms with Gasteiger partial charge in [-0.25, -0.2) is 4.68 Å². The van der Waals surface area contributed by atoms with E-state index in [9.17, 15) is 9.59 Å². The number of amides is 1. The van der Waals surface area contributed by atoms with Crippen LogP contribution >= 0.6 is 11.8 Å². The molecule has 110 valence electrons. The molecule has 20 heavy (non-hydrogen) atoms. The van der Waals surface area contributed by atoms with E-state index in [1.54, 1.807) is 6.92 Å². The molecule has 0 saturated carbocycles. The number of carbonyl (C=O) groups excluding carboxylic acids is 1. The largest absolute Gasteiger partial charge is 0.481 e. The van der Waals surface area contributed by atoms with E-state index in [1.807, 2.05) is 4.90 Å². The third-order valence-corrected chi connectivity index (χ3v) is 4.10. The Kier molecular flexibility index (Phi) is 4.94. The highest BCUT2D eigenvalue weighted by Gasteiger charge is 2.26. The van der Waals surface area contributed by atoms with Gasteiger partial charge >= 0.3 is 5.97 Å². The van der Waals surface area contributed by atoms with Gasteiger partial charge in [-0.3, -0.25) is 9.59 Å². The summed E-state index contributed by atoms with van der Waals surface area (Å²) >= 11 is 1.01. The summed E-state index contributed by atoms with van der Waals surface area (Å²) in [5.74, 6) is -1.10. The zero-order valence-corrected chi connectivity index (χ0v) is 12.0. The molecule has 9 heteroatoms. The molecule has 0 radical (unpaired) electrons. The minimum Gasteiger partial charge on any atom is -0.481 e. The van der Waals surface area contributed by atoms with Crippen LogP contribution in [0.15, 0.2) is 5.16 Å². The predicted octanol–water partition coefficient (Wildman–Crippen LogP) is 0.423. The molecule has 1 amide bonds. The molecule has 1 N–H and O–H groups in total. The van der Waals surface area contributed by atoms with Crippen LogP contribution in [0.2, 0.25) is 0 Å². The number of hydrogen-bond acceptors (Lipinski definition) is 6. The van der Waals surface area contributed by atoms with Crippen LogP contribution in [-0.4, -0.2) is 60.9 Å². The zero-order valence-electron chi connectivity index (χ0n) is 11.2. The van der Waals surface area contributed by atoms with Crippen molar-refractivity contribution < 1.29 is 14.7 Å². The Labute approximate surface area is 120 Å². The summed E-state index contributed by atoms with van der Waals surface area (Å²) in [6.45, 7) is 3.27. The molecule has 2 heterocycles. The summed E-state index contributed by atoms with van der Waals surface area (Å²) < 4.78 is 1.39. The Bertz CT molecular complexity index is 486. The zero-order chi connectivity index (χ0) is 14.5. The molecule has 1 fully saturated rings. The first-order chi connectivity index (χ1) is 9.59. The number of aromatic nitrogens is 4. The summed E-state index contributed by atoms with van der Waals surface area (Å²) in [7, 11) is 0. The molecular weight excluding hydrogens is 282 g/mol. The fourth-order valence-corrected chi connectivity index (χ4v) is 2.81. The van der Waals surface area contributed by atoms with Crippen LogP contribution in [0.3, 0.4) is 0 Å². The van der Waals surface area contributed by atoms with Gasteiger partial charge in [-0.2, -0.15) is 0 Å². The molecule has 1 aliphatic rings. The molecule has 1 saturated heterocycles. The van der Waals surface area contributed by atoms with Crippen molar-refractivity contribution >= 4 is 23.6 Å². The predicted molar refractivity (Wildman–Crippen MR) is 71.3 cm³/mol. The average molecular weight is 299 g/mol. The van der Waals surface area contributed by atoms with Crippen LogP contribution in [-0.2, 0) is 9.59 Å². The molecule has 1 aliphatic heterocycles. The van der Waals surface area contributed by atoms with E-state index < -0.39 is 12.0 Å². The first-order valence-corrected chi connectivity index (χ1v) is 7.49. The number of carboxylic acid groups (broad SMARTS) is 1. The monoisotopic (exact) mass is 299 g/mol. The van der Waals surface area contributed by atoms with Crippen molar-refractivity contribution in [2.75, 3.05) is 18.8 Å². The smallest absolute Gasteiger partial charge is 0.313 e. The molecule has 1 unspecified atom stereocenters. The highest BCUT2D eigenvalue weighted by molar-refractivity contribution is 7.99. The van der Waals surface area contributed by atoms with Crippen LogP contribution in [0.4, 0.5) is 0 Å². The number of rotatable bonds is 5. The van der Waals surface area contributed by atoms with Gasteiger partial charge in [0.2, 0.25) is 11.1 Å². The molecule has 1 aromatic heterocycles. The quantitative estimate of drug-likeness (QED) is 0.786. The lowest BCUT2D eigenvalue weighted by Crippen LogP contribution is -2.40. The lowest BCUT2D eigenvalue weighted by atomic mass is 10.1. The first kappa shape index (κ1) is 14.8. The molecule has 1 aromatic rings. The topological polar surface area (TPSA) is 101 Å². The van der Waals surface area contributed by atoms with Crippen molar-refractivity contribution in [1.82, 2.24) is 25.1 Å². The van der Waals surface area contributed by atoms with E-state index in [0.717, 1.165) is 44.1 Å². The van der Waals surface area contributed by atoms with Gasteiger partial charge in [0.1, 0.15) is 6.04 Å². The number of hydrogen-bond donors (Lipinski definition) is 1. The highest BCUT2D eigenvalue weighted by Crippen LogP contribution is 2.20. The van der Waals surface area contributed by atoms with E-state index in [-0.39, 0.29) is 11.7 Å². The normalized spacial score (nSPS) is 16.9. The Morgan fingerprint density at radius 2 is 2.05 bits per heavy atom. The second-order valence-corrected chi connectivity index (χ2v) is 5.59. The maximum Gasteiger partial charge on any atom is 0.313 e. The molecular formula is C11H17N5O3S. The molecule has 1 atom stereocenters. The number of tetrazole rings is 1. The van der Waals surface area contributed by atoms with Crippen LogP contribution in [0, 0.1) is 0 Å². The number of piperidine rings is 1. The van der Waals surface area contributed by atoms with E-state index in [1.165, 1.54) is 4.68 Å². The Morgan fingerprint density at radius 3 is 2.70 bits per heavy atom. The lowest BCUT2D eigenvalue weighted by molar-refractivity contribution is -0.136. The highest BCUT2D eigenvalue weighted by atomic mass is 32.2. The van der Waals surface area contributed by atoms with Crippen molar-refractivity contribution in [1.29, 1.82) is 0 Å². The Balaban J connectivity index is 2.04. The SMILES string of the molecule is CC(C(=O)N1CCCCC1)n1nnnc1SCC(=O)O. The maximum absolute atomic E-state index is 12.4. The van der Waals surface area contributed by atoms with Gasteiger partial charge in [0.25, 0.3) is 0 Å². The third kappa shape index (κ3) is 3.47. The van der Waals surface area contributed by atoms with Crippen molar-refractivity contribution in [2.24, 2.45) is 0 Å². The second kappa shape index (κ2) is 6.69. The van der Waals surface area contributed by atoms with Crippen molar-refractivity contribution in [3.8, 4) is 0 Å². The van der Waals surface area contributed by atoms with Crippen LogP contribution in [0.1, 0.15) is 32.2 Å². The van der Waals surface area contributed by atoms with Gasteiger partial charge in [-0.15, -0.1) is 5.10 Å². The molecule has 0 spiro atoms. The summed E-state index contributed by atoms with van der Waals surface area (Å²) in [5.41, 5.74) is 0. The Hall–Kier alpha value is -1.64. The van der Waals surface area contributed by atoms with E-state index in [4.69, 9.17) is 5.11 Å². The van der Waals surface area contributed by atoms with Gasteiger partial charge < -0.3 is 10.0 Å².